The molecule has 11 heteroatoms. The Balaban J connectivity index is 2.64. The molecule has 0 aromatic heterocycles. The zero-order valence-corrected chi connectivity index (χ0v) is 47.9. The SMILES string of the molecule is CC/C=C\C/C=C\C/C=C\C/C=C\C/C=C\CCCCCCCCCC(=O)OC1C(OCC(NC(=O)C(O)CCCCCCCCCCCC)C(O)/C=C/CCCCCCCCCCCCC)OC(CO)C(O)C1O. The van der Waals surface area contributed by atoms with Crippen LogP contribution in [0.25, 0.3) is 0 Å². The highest BCUT2D eigenvalue weighted by Crippen LogP contribution is 2.26. The van der Waals surface area contributed by atoms with Crippen molar-refractivity contribution < 1.29 is 49.3 Å². The summed E-state index contributed by atoms with van der Waals surface area (Å²) < 4.78 is 17.6. The minimum absolute atomic E-state index is 0.109. The van der Waals surface area contributed by atoms with Gasteiger partial charge in [-0.2, -0.15) is 0 Å². The van der Waals surface area contributed by atoms with Gasteiger partial charge in [0.05, 0.1) is 25.4 Å². The topological polar surface area (TPSA) is 175 Å². The molecule has 0 aliphatic carbocycles. The summed E-state index contributed by atoms with van der Waals surface area (Å²) in [5, 5.41) is 56.9. The minimum atomic E-state index is -1.62. The second kappa shape index (κ2) is 51.8. The lowest BCUT2D eigenvalue weighted by molar-refractivity contribution is -0.305. The molecule has 1 amide bonds. The maximum absolute atomic E-state index is 13.4. The van der Waals surface area contributed by atoms with Gasteiger partial charge in [0.1, 0.15) is 24.4 Å². The van der Waals surface area contributed by atoms with E-state index >= 15 is 0 Å². The van der Waals surface area contributed by atoms with Gasteiger partial charge < -0.3 is 45.1 Å². The van der Waals surface area contributed by atoms with Crippen molar-refractivity contribution in [1.29, 1.82) is 0 Å². The number of aliphatic hydroxyl groups is 5. The van der Waals surface area contributed by atoms with Crippen LogP contribution in [0.1, 0.15) is 258 Å². The first-order chi connectivity index (χ1) is 36.7. The maximum atomic E-state index is 13.4. The zero-order valence-electron chi connectivity index (χ0n) is 47.9. The van der Waals surface area contributed by atoms with Crippen molar-refractivity contribution in [3.8, 4) is 0 Å². The fourth-order valence-corrected chi connectivity index (χ4v) is 9.27. The van der Waals surface area contributed by atoms with E-state index in [0.29, 0.717) is 19.3 Å². The largest absolute Gasteiger partial charge is 0.454 e. The van der Waals surface area contributed by atoms with E-state index in [2.05, 4.69) is 86.8 Å². The third-order valence-electron chi connectivity index (χ3n) is 14.1. The van der Waals surface area contributed by atoms with Crippen LogP contribution in [-0.2, 0) is 23.8 Å². The van der Waals surface area contributed by atoms with Crippen LogP contribution in [0, 0.1) is 0 Å². The predicted molar refractivity (Wildman–Crippen MR) is 310 cm³/mol. The number of unbranched alkanes of at least 4 members (excludes halogenated alkanes) is 27. The summed E-state index contributed by atoms with van der Waals surface area (Å²) in [5.74, 6) is -1.21. The van der Waals surface area contributed by atoms with E-state index in [1.807, 2.05) is 6.08 Å². The van der Waals surface area contributed by atoms with Gasteiger partial charge in [-0.1, -0.05) is 254 Å². The van der Waals surface area contributed by atoms with E-state index in [1.54, 1.807) is 6.08 Å². The van der Waals surface area contributed by atoms with E-state index in [4.69, 9.17) is 14.2 Å². The van der Waals surface area contributed by atoms with Crippen LogP contribution >= 0.6 is 0 Å². The summed E-state index contributed by atoms with van der Waals surface area (Å²) in [6.45, 7) is 5.65. The van der Waals surface area contributed by atoms with Crippen LogP contribution in [0.3, 0.4) is 0 Å². The lowest BCUT2D eigenvalue weighted by atomic mass is 9.99. The number of hydrogen-bond acceptors (Lipinski definition) is 10. The molecule has 1 aliphatic heterocycles. The first kappa shape index (κ1) is 70.1. The first-order valence-corrected chi connectivity index (χ1v) is 30.7. The highest BCUT2D eigenvalue weighted by atomic mass is 16.7. The molecule has 1 heterocycles. The smallest absolute Gasteiger partial charge is 0.306 e. The third-order valence-corrected chi connectivity index (χ3v) is 14.1. The quantitative estimate of drug-likeness (QED) is 0.0195. The predicted octanol–water partition coefficient (Wildman–Crippen LogP) is 14.4. The summed E-state index contributed by atoms with van der Waals surface area (Å²) in [7, 11) is 0. The second-order valence-corrected chi connectivity index (χ2v) is 21.1. The van der Waals surface area contributed by atoms with Crippen molar-refractivity contribution in [2.75, 3.05) is 13.2 Å². The number of carbonyl (C=O) groups excluding carboxylic acids is 2. The summed E-state index contributed by atoms with van der Waals surface area (Å²) in [4.78, 5) is 26.5. The van der Waals surface area contributed by atoms with Crippen molar-refractivity contribution in [3.05, 3.63) is 72.9 Å². The second-order valence-electron chi connectivity index (χ2n) is 21.1. The van der Waals surface area contributed by atoms with Gasteiger partial charge in [0.2, 0.25) is 5.91 Å². The van der Waals surface area contributed by atoms with Gasteiger partial charge in [0.15, 0.2) is 12.4 Å². The summed E-state index contributed by atoms with van der Waals surface area (Å²) in [6, 6.07) is -1.02. The van der Waals surface area contributed by atoms with Gasteiger partial charge in [-0.05, 0) is 70.6 Å². The molecule has 8 unspecified atom stereocenters. The van der Waals surface area contributed by atoms with Crippen molar-refractivity contribution >= 4 is 11.9 Å². The Morgan fingerprint density at radius 3 is 1.44 bits per heavy atom. The first-order valence-electron chi connectivity index (χ1n) is 30.7. The summed E-state index contributed by atoms with van der Waals surface area (Å²) >= 11 is 0. The van der Waals surface area contributed by atoms with Gasteiger partial charge >= 0.3 is 5.97 Å². The molecule has 0 radical (unpaired) electrons. The van der Waals surface area contributed by atoms with Crippen molar-refractivity contribution in [3.63, 3.8) is 0 Å². The molecule has 0 spiro atoms. The number of rotatable bonds is 51. The Kier molecular flexibility index (Phi) is 48.5. The highest BCUT2D eigenvalue weighted by molar-refractivity contribution is 5.80. The minimum Gasteiger partial charge on any atom is -0.454 e. The number of amides is 1. The summed E-state index contributed by atoms with van der Waals surface area (Å²) in [5.41, 5.74) is 0. The Labute approximate surface area is 458 Å². The maximum Gasteiger partial charge on any atom is 0.306 e. The Bertz CT molecular complexity index is 1490. The molecule has 0 aromatic rings. The van der Waals surface area contributed by atoms with Gasteiger partial charge in [0, 0.05) is 6.42 Å². The average molecular weight is 1060 g/mol. The number of carbonyl (C=O) groups is 2. The molecule has 1 fully saturated rings. The van der Waals surface area contributed by atoms with Crippen molar-refractivity contribution in [2.24, 2.45) is 0 Å². The molecule has 75 heavy (non-hydrogen) atoms. The standard InChI is InChI=1S/C64H113NO10/c1-4-7-10-13-16-19-22-24-25-26-27-28-29-30-31-32-33-35-37-40-43-46-49-52-59(69)75-62-61(71)60(70)58(53-66)74-64(62)73-54-55(56(67)50-47-44-41-39-36-34-23-20-17-14-11-8-5-2)65-63(72)57(68)51-48-45-42-38-21-18-15-12-9-6-3/h7,10,16,19,24-25,27-28,30-31,47,50,55-58,60-62,64,66-68,70-71H,4-6,8-9,11-15,17-18,20-23,26,29,32-46,48-49,51-54H2,1-3H3,(H,65,72)/b10-7-,19-16-,25-24-,28-27-,31-30-,50-47+. The lowest BCUT2D eigenvalue weighted by Crippen LogP contribution is -2.61. The van der Waals surface area contributed by atoms with Crippen LogP contribution in [0.5, 0.6) is 0 Å². The van der Waals surface area contributed by atoms with Crippen LogP contribution in [-0.4, -0.2) is 99.6 Å². The molecular formula is C64H113NO10. The van der Waals surface area contributed by atoms with Crippen LogP contribution < -0.4 is 5.32 Å². The number of esters is 1. The van der Waals surface area contributed by atoms with E-state index in [9.17, 15) is 35.1 Å². The van der Waals surface area contributed by atoms with Gasteiger partial charge in [-0.3, -0.25) is 9.59 Å². The average Bonchev–Trinajstić information content (AvgIpc) is 3.41. The monoisotopic (exact) mass is 1060 g/mol. The molecule has 8 atom stereocenters. The van der Waals surface area contributed by atoms with Crippen molar-refractivity contribution in [2.45, 2.75) is 307 Å². The Morgan fingerprint density at radius 1 is 0.533 bits per heavy atom. The lowest BCUT2D eigenvalue weighted by Gasteiger charge is -2.41. The molecule has 11 nitrogen and oxygen atoms in total. The number of allylic oxidation sites excluding steroid dienone is 11. The van der Waals surface area contributed by atoms with Crippen LogP contribution in [0.2, 0.25) is 0 Å². The molecule has 0 aromatic carbocycles. The number of aliphatic hydroxyl groups excluding tert-OH is 5. The Hall–Kier alpha value is -2.90. The fraction of sp³-hybridized carbons (Fsp3) is 0.781. The molecule has 6 N–H and O–H groups in total. The summed E-state index contributed by atoms with van der Waals surface area (Å²) in [6.07, 6.45) is 55.1. The third kappa shape index (κ3) is 40.0. The van der Waals surface area contributed by atoms with E-state index in [1.165, 1.54) is 96.3 Å². The molecule has 1 saturated heterocycles. The zero-order chi connectivity index (χ0) is 54.7. The molecular weight excluding hydrogens is 943 g/mol. The van der Waals surface area contributed by atoms with E-state index < -0.39 is 67.4 Å². The van der Waals surface area contributed by atoms with Gasteiger partial charge in [-0.25, -0.2) is 0 Å². The van der Waals surface area contributed by atoms with Gasteiger partial charge in [-0.15, -0.1) is 0 Å². The Morgan fingerprint density at radius 2 is 0.960 bits per heavy atom. The molecule has 0 saturated carbocycles. The molecule has 434 valence electrons. The highest BCUT2D eigenvalue weighted by Gasteiger charge is 2.47. The van der Waals surface area contributed by atoms with Gasteiger partial charge in [0.25, 0.3) is 0 Å². The van der Waals surface area contributed by atoms with E-state index in [-0.39, 0.29) is 13.0 Å². The van der Waals surface area contributed by atoms with E-state index in [0.717, 1.165) is 116 Å². The number of ether oxygens (including phenoxy) is 3. The molecule has 1 aliphatic rings. The number of hydrogen-bond donors (Lipinski definition) is 6. The van der Waals surface area contributed by atoms with Crippen molar-refractivity contribution in [1.82, 2.24) is 5.32 Å². The number of nitrogens with one attached hydrogen (secondary N) is 1. The van der Waals surface area contributed by atoms with Crippen LogP contribution in [0.15, 0.2) is 72.9 Å². The van der Waals surface area contributed by atoms with Crippen LogP contribution in [0.4, 0.5) is 0 Å². The fourth-order valence-electron chi connectivity index (χ4n) is 9.27. The molecule has 0 bridgehead atoms. The molecule has 1 rings (SSSR count). The normalized spacial score (nSPS) is 19.7.